The molecule has 0 saturated carbocycles. The number of amides is 2. The molecular weight excluding hydrogens is 534 g/mol. The molecule has 0 bridgehead atoms. The number of nitrogens with one attached hydrogen (secondary N) is 1. The fourth-order valence-corrected chi connectivity index (χ4v) is 5.79. The van der Waals surface area contributed by atoms with Crippen molar-refractivity contribution in [2.75, 3.05) is 17.4 Å². The highest BCUT2D eigenvalue weighted by molar-refractivity contribution is 7.92. The maximum atomic E-state index is 14.0. The second kappa shape index (κ2) is 14.1. The lowest BCUT2D eigenvalue weighted by Crippen LogP contribution is -2.51. The quantitative estimate of drug-likeness (QED) is 0.278. The van der Waals surface area contributed by atoms with Gasteiger partial charge in [-0.3, -0.25) is 13.9 Å². The fourth-order valence-electron chi connectivity index (χ4n) is 4.19. The molecule has 7 nitrogen and oxygen atoms in total. The number of rotatable bonds is 13. The topological polar surface area (TPSA) is 86.8 Å². The van der Waals surface area contributed by atoms with Gasteiger partial charge < -0.3 is 10.2 Å². The fraction of sp³-hybridized carbons (Fsp3) is 0.333. The second-order valence-corrected chi connectivity index (χ2v) is 11.6. The van der Waals surface area contributed by atoms with E-state index in [0.717, 1.165) is 28.3 Å². The molecule has 0 unspecified atom stereocenters. The minimum atomic E-state index is -4.09. The number of benzene rings is 3. The van der Waals surface area contributed by atoms with Crippen molar-refractivity contribution in [2.24, 2.45) is 0 Å². The molecule has 0 heterocycles. The molecule has 0 radical (unpaired) electrons. The Balaban J connectivity index is 2.02. The van der Waals surface area contributed by atoms with Crippen molar-refractivity contribution >= 4 is 39.1 Å². The highest BCUT2D eigenvalue weighted by atomic mass is 35.5. The Labute approximate surface area is 236 Å². The number of hydrogen-bond donors (Lipinski definition) is 1. The third-order valence-corrected chi connectivity index (χ3v) is 8.54. The Morgan fingerprint density at radius 1 is 0.923 bits per heavy atom. The molecule has 0 spiro atoms. The van der Waals surface area contributed by atoms with Crippen LogP contribution in [0.4, 0.5) is 5.69 Å². The third kappa shape index (κ3) is 7.83. The number of para-hydroxylation sites is 1. The van der Waals surface area contributed by atoms with Crippen LogP contribution in [-0.2, 0) is 32.6 Å². The SMILES string of the molecule is CCCCNC(=O)[C@@H](C)N(Cc1ccc(Cl)cc1)C(=O)CN(c1ccccc1CC)S(=O)(=O)c1ccccc1. The van der Waals surface area contributed by atoms with Gasteiger partial charge in [0.1, 0.15) is 12.6 Å². The van der Waals surface area contributed by atoms with Crippen LogP contribution < -0.4 is 9.62 Å². The van der Waals surface area contributed by atoms with Gasteiger partial charge in [-0.2, -0.15) is 0 Å². The summed E-state index contributed by atoms with van der Waals surface area (Å²) < 4.78 is 28.9. The molecule has 0 aromatic heterocycles. The average molecular weight is 570 g/mol. The van der Waals surface area contributed by atoms with E-state index in [-0.39, 0.29) is 17.3 Å². The lowest BCUT2D eigenvalue weighted by Gasteiger charge is -2.32. The van der Waals surface area contributed by atoms with Crippen LogP contribution in [0.5, 0.6) is 0 Å². The molecule has 0 aliphatic carbocycles. The molecule has 1 N–H and O–H groups in total. The first-order valence-corrected chi connectivity index (χ1v) is 15.0. The highest BCUT2D eigenvalue weighted by Gasteiger charge is 2.33. The molecule has 0 fully saturated rings. The van der Waals surface area contributed by atoms with Gasteiger partial charge >= 0.3 is 0 Å². The summed E-state index contributed by atoms with van der Waals surface area (Å²) in [5, 5.41) is 3.44. The van der Waals surface area contributed by atoms with Crippen molar-refractivity contribution in [1.82, 2.24) is 10.2 Å². The van der Waals surface area contributed by atoms with Gasteiger partial charge in [0.05, 0.1) is 10.6 Å². The Bertz CT molecular complexity index is 1350. The number of hydrogen-bond acceptors (Lipinski definition) is 4. The van der Waals surface area contributed by atoms with Gasteiger partial charge in [0, 0.05) is 18.1 Å². The van der Waals surface area contributed by atoms with Crippen molar-refractivity contribution in [2.45, 2.75) is 57.5 Å². The van der Waals surface area contributed by atoms with E-state index < -0.39 is 28.5 Å². The zero-order chi connectivity index (χ0) is 28.4. The Hall–Kier alpha value is -3.36. The third-order valence-electron chi connectivity index (χ3n) is 6.51. The molecule has 3 rings (SSSR count). The van der Waals surface area contributed by atoms with Crippen molar-refractivity contribution in [3.8, 4) is 0 Å². The first kappa shape index (κ1) is 30.2. The molecule has 3 aromatic carbocycles. The maximum absolute atomic E-state index is 14.0. The maximum Gasteiger partial charge on any atom is 0.264 e. The normalized spacial score (nSPS) is 12.0. The lowest BCUT2D eigenvalue weighted by atomic mass is 10.1. The molecule has 1 atom stereocenters. The molecule has 3 aromatic rings. The van der Waals surface area contributed by atoms with Gasteiger partial charge in [-0.15, -0.1) is 0 Å². The van der Waals surface area contributed by atoms with Crippen LogP contribution in [0.2, 0.25) is 5.02 Å². The zero-order valence-electron chi connectivity index (χ0n) is 22.6. The van der Waals surface area contributed by atoms with Crippen molar-refractivity contribution in [3.63, 3.8) is 0 Å². The molecule has 2 amide bonds. The average Bonchev–Trinajstić information content (AvgIpc) is 2.95. The second-order valence-electron chi connectivity index (χ2n) is 9.28. The van der Waals surface area contributed by atoms with Gasteiger partial charge in [-0.1, -0.05) is 80.4 Å². The van der Waals surface area contributed by atoms with E-state index in [4.69, 9.17) is 11.6 Å². The number of sulfonamides is 1. The first-order chi connectivity index (χ1) is 18.7. The number of anilines is 1. The first-order valence-electron chi connectivity index (χ1n) is 13.2. The molecule has 0 saturated heterocycles. The van der Waals surface area contributed by atoms with Gasteiger partial charge in [-0.25, -0.2) is 8.42 Å². The predicted octanol–water partition coefficient (Wildman–Crippen LogP) is 5.43. The van der Waals surface area contributed by atoms with Gasteiger partial charge in [0.2, 0.25) is 11.8 Å². The number of unbranched alkanes of at least 4 members (excludes halogenated alkanes) is 1. The standard InChI is InChI=1S/C30H36ClN3O4S/c1-4-6-20-32-30(36)23(3)33(21-24-16-18-26(31)19-17-24)29(35)22-34(28-15-11-10-12-25(28)5-2)39(37,38)27-13-8-7-9-14-27/h7-19,23H,4-6,20-22H2,1-3H3,(H,32,36)/t23-/m1/s1. The summed E-state index contributed by atoms with van der Waals surface area (Å²) in [6.45, 7) is 5.78. The Morgan fingerprint density at radius 2 is 1.56 bits per heavy atom. The van der Waals surface area contributed by atoms with Crippen molar-refractivity contribution in [1.29, 1.82) is 0 Å². The van der Waals surface area contributed by atoms with E-state index in [1.807, 2.05) is 26.0 Å². The number of carbonyl (C=O) groups excluding carboxylic acids is 2. The van der Waals surface area contributed by atoms with Crippen LogP contribution in [0.15, 0.2) is 83.8 Å². The highest BCUT2D eigenvalue weighted by Crippen LogP contribution is 2.28. The summed E-state index contributed by atoms with van der Waals surface area (Å²) >= 11 is 6.05. The van der Waals surface area contributed by atoms with E-state index in [0.29, 0.717) is 23.7 Å². The molecule has 0 aliphatic heterocycles. The van der Waals surface area contributed by atoms with Crippen LogP contribution >= 0.6 is 11.6 Å². The smallest absolute Gasteiger partial charge is 0.264 e. The monoisotopic (exact) mass is 569 g/mol. The van der Waals surface area contributed by atoms with Gasteiger partial charge in [0.15, 0.2) is 0 Å². The van der Waals surface area contributed by atoms with Crippen LogP contribution in [0.3, 0.4) is 0 Å². The largest absolute Gasteiger partial charge is 0.354 e. The molecular formula is C30H36ClN3O4S. The predicted molar refractivity (Wildman–Crippen MR) is 156 cm³/mol. The molecule has 39 heavy (non-hydrogen) atoms. The number of aryl methyl sites for hydroxylation is 1. The van der Waals surface area contributed by atoms with Crippen LogP contribution in [0.25, 0.3) is 0 Å². The van der Waals surface area contributed by atoms with E-state index in [1.165, 1.54) is 17.0 Å². The molecule has 0 aliphatic rings. The zero-order valence-corrected chi connectivity index (χ0v) is 24.2. The summed E-state index contributed by atoms with van der Waals surface area (Å²) in [5.41, 5.74) is 2.00. The van der Waals surface area contributed by atoms with E-state index in [1.54, 1.807) is 61.5 Å². The van der Waals surface area contributed by atoms with Crippen LogP contribution in [-0.4, -0.2) is 44.3 Å². The summed E-state index contributed by atoms with van der Waals surface area (Å²) in [4.78, 5) is 28.5. The van der Waals surface area contributed by atoms with E-state index in [2.05, 4.69) is 5.32 Å². The van der Waals surface area contributed by atoms with E-state index in [9.17, 15) is 18.0 Å². The summed E-state index contributed by atoms with van der Waals surface area (Å²) in [6.07, 6.45) is 2.32. The molecule has 208 valence electrons. The van der Waals surface area contributed by atoms with Crippen molar-refractivity contribution < 1.29 is 18.0 Å². The summed E-state index contributed by atoms with van der Waals surface area (Å²) in [5.74, 6) is -0.786. The lowest BCUT2D eigenvalue weighted by molar-refractivity contribution is -0.139. The van der Waals surface area contributed by atoms with Crippen LogP contribution in [0, 0.1) is 0 Å². The van der Waals surface area contributed by atoms with Crippen molar-refractivity contribution in [3.05, 3.63) is 95.0 Å². The summed E-state index contributed by atoms with van der Waals surface area (Å²) in [7, 11) is -4.09. The summed E-state index contributed by atoms with van der Waals surface area (Å²) in [6, 6.07) is 21.4. The number of halogens is 1. The Kier molecular flexibility index (Phi) is 10.9. The van der Waals surface area contributed by atoms with Gasteiger partial charge in [0.25, 0.3) is 10.0 Å². The minimum absolute atomic E-state index is 0.0818. The number of carbonyl (C=O) groups is 2. The van der Waals surface area contributed by atoms with Crippen LogP contribution in [0.1, 0.15) is 44.7 Å². The Morgan fingerprint density at radius 3 is 2.21 bits per heavy atom. The molecule has 9 heteroatoms. The van der Waals surface area contributed by atoms with Gasteiger partial charge in [-0.05, 0) is 61.2 Å². The van der Waals surface area contributed by atoms with E-state index >= 15 is 0 Å². The minimum Gasteiger partial charge on any atom is -0.354 e. The number of nitrogens with zero attached hydrogens (tertiary/aromatic N) is 2.